The SMILES string of the molecule is CC(=O)Oc1cccc2c1C(=O)O[C@@H](C/C=C\I)C[C@H]1C[C@H](O[Si](C)(C)C(C)(C)C)C[C@H](C2)O1. The number of hydrogen-bond acceptors (Lipinski definition) is 6. The van der Waals surface area contributed by atoms with Crippen LogP contribution in [0.25, 0.3) is 0 Å². The van der Waals surface area contributed by atoms with Crippen molar-refractivity contribution in [3.63, 3.8) is 0 Å². The van der Waals surface area contributed by atoms with Crippen molar-refractivity contribution in [2.24, 2.45) is 0 Å². The fourth-order valence-corrected chi connectivity index (χ4v) is 6.07. The Morgan fingerprint density at radius 3 is 2.56 bits per heavy atom. The van der Waals surface area contributed by atoms with Crippen molar-refractivity contribution in [1.29, 1.82) is 0 Å². The van der Waals surface area contributed by atoms with Crippen molar-refractivity contribution in [3.8, 4) is 5.75 Å². The van der Waals surface area contributed by atoms with Gasteiger partial charge in [-0.2, -0.15) is 0 Å². The summed E-state index contributed by atoms with van der Waals surface area (Å²) in [4.78, 5) is 25.0. The number of ether oxygens (including phenoxy) is 3. The summed E-state index contributed by atoms with van der Waals surface area (Å²) >= 11 is 2.17. The van der Waals surface area contributed by atoms with Crippen LogP contribution in [-0.4, -0.2) is 44.7 Å². The fourth-order valence-electron chi connectivity index (χ4n) is 4.40. The van der Waals surface area contributed by atoms with E-state index in [1.165, 1.54) is 6.92 Å². The quantitative estimate of drug-likeness (QED) is 0.170. The van der Waals surface area contributed by atoms with E-state index in [1.807, 2.05) is 16.2 Å². The first-order chi connectivity index (χ1) is 15.9. The molecule has 8 heteroatoms. The smallest absolute Gasteiger partial charge is 0.342 e. The third kappa shape index (κ3) is 6.92. The summed E-state index contributed by atoms with van der Waals surface area (Å²) in [6.45, 7) is 12.7. The third-order valence-electron chi connectivity index (χ3n) is 7.01. The molecular formula is C26H37IO6Si. The molecule has 1 aromatic rings. The van der Waals surface area contributed by atoms with Gasteiger partial charge in [-0.25, -0.2) is 4.79 Å². The lowest BCUT2D eigenvalue weighted by molar-refractivity contribution is -0.131. The highest BCUT2D eigenvalue weighted by Gasteiger charge is 2.42. The summed E-state index contributed by atoms with van der Waals surface area (Å²) in [5.74, 6) is -0.688. The minimum Gasteiger partial charge on any atom is -0.458 e. The van der Waals surface area contributed by atoms with E-state index in [-0.39, 0.29) is 35.2 Å². The molecule has 188 valence electrons. The molecule has 0 unspecified atom stereocenters. The van der Waals surface area contributed by atoms with Crippen molar-refractivity contribution >= 4 is 42.8 Å². The standard InChI is InChI=1S/C26H37IO6Si/c1-17(28)30-23-11-7-9-18-13-20-15-22(33-34(5,6)26(2,3)4)16-21(31-20)14-19(10-8-12-27)32-25(29)24(18)23/h7-9,11-12,19-22H,10,13-16H2,1-6H3/b12-8-/t19-,20-,21-,22+/m0/s1. The van der Waals surface area contributed by atoms with Crippen molar-refractivity contribution in [2.45, 2.75) is 102 Å². The van der Waals surface area contributed by atoms with E-state index < -0.39 is 20.3 Å². The first kappa shape index (κ1) is 27.4. The van der Waals surface area contributed by atoms with Crippen LogP contribution in [0.5, 0.6) is 5.75 Å². The van der Waals surface area contributed by atoms with Crippen molar-refractivity contribution < 1.29 is 28.2 Å². The average molecular weight is 601 g/mol. The Bertz CT molecular complexity index is 922. The first-order valence-electron chi connectivity index (χ1n) is 12.0. The molecule has 0 radical (unpaired) electrons. The Hall–Kier alpha value is -1.23. The van der Waals surface area contributed by atoms with Crippen molar-refractivity contribution in [3.05, 3.63) is 39.5 Å². The number of esters is 2. The van der Waals surface area contributed by atoms with E-state index in [0.29, 0.717) is 24.8 Å². The largest absolute Gasteiger partial charge is 0.458 e. The molecule has 1 saturated heterocycles. The second-order valence-electron chi connectivity index (χ2n) is 10.8. The second-order valence-corrected chi connectivity index (χ2v) is 16.3. The van der Waals surface area contributed by atoms with E-state index in [0.717, 1.165) is 18.4 Å². The lowest BCUT2D eigenvalue weighted by Gasteiger charge is -2.44. The third-order valence-corrected chi connectivity index (χ3v) is 12.1. The Balaban J connectivity index is 1.97. The number of rotatable bonds is 5. The minimum atomic E-state index is -1.95. The minimum absolute atomic E-state index is 0.0490. The Morgan fingerprint density at radius 1 is 1.21 bits per heavy atom. The molecule has 0 spiro atoms. The molecule has 6 nitrogen and oxygen atoms in total. The van der Waals surface area contributed by atoms with Gasteiger partial charge in [-0.05, 0) is 53.1 Å². The second kappa shape index (κ2) is 11.2. The molecule has 2 aliphatic heterocycles. The summed E-state index contributed by atoms with van der Waals surface area (Å²) in [7, 11) is -1.95. The predicted molar refractivity (Wildman–Crippen MR) is 143 cm³/mol. The van der Waals surface area contributed by atoms with Gasteiger partial charge in [0.15, 0.2) is 8.32 Å². The zero-order valence-electron chi connectivity index (χ0n) is 21.1. The van der Waals surface area contributed by atoms with Crippen LogP contribution in [0.1, 0.15) is 69.3 Å². The van der Waals surface area contributed by atoms with E-state index >= 15 is 0 Å². The van der Waals surface area contributed by atoms with Crippen molar-refractivity contribution in [2.75, 3.05) is 0 Å². The summed E-state index contributed by atoms with van der Waals surface area (Å²) in [6, 6.07) is 5.33. The number of hydrogen-bond donors (Lipinski definition) is 0. The molecule has 0 aromatic heterocycles. The molecule has 0 saturated carbocycles. The van der Waals surface area contributed by atoms with E-state index in [4.69, 9.17) is 18.6 Å². The van der Waals surface area contributed by atoms with Gasteiger partial charge >= 0.3 is 11.9 Å². The van der Waals surface area contributed by atoms with Gasteiger partial charge in [0.1, 0.15) is 17.4 Å². The van der Waals surface area contributed by atoms with Gasteiger partial charge in [-0.3, -0.25) is 4.79 Å². The Labute approximate surface area is 218 Å². The van der Waals surface area contributed by atoms with Crippen LogP contribution in [0.2, 0.25) is 18.1 Å². The van der Waals surface area contributed by atoms with Crippen LogP contribution in [0.3, 0.4) is 0 Å². The monoisotopic (exact) mass is 600 g/mol. The van der Waals surface area contributed by atoms with Crippen LogP contribution in [0.15, 0.2) is 28.4 Å². The van der Waals surface area contributed by atoms with Crippen molar-refractivity contribution in [1.82, 2.24) is 0 Å². The van der Waals surface area contributed by atoms with Gasteiger partial charge in [-0.15, -0.1) is 0 Å². The fraction of sp³-hybridized carbons (Fsp3) is 0.615. The van der Waals surface area contributed by atoms with Gasteiger partial charge < -0.3 is 18.6 Å². The number of fused-ring (bicyclic) bond motifs is 3. The number of benzene rings is 1. The van der Waals surface area contributed by atoms with E-state index in [1.54, 1.807) is 12.1 Å². The maximum Gasteiger partial charge on any atom is 0.342 e. The summed E-state index contributed by atoms with van der Waals surface area (Å²) in [5, 5.41) is 0.121. The molecule has 0 amide bonds. The number of carbonyl (C=O) groups is 2. The summed E-state index contributed by atoms with van der Waals surface area (Å²) < 4.78 is 26.6. The van der Waals surface area contributed by atoms with Crippen LogP contribution in [0.4, 0.5) is 0 Å². The normalized spacial score (nSPS) is 26.0. The highest BCUT2D eigenvalue weighted by molar-refractivity contribution is 14.1. The topological polar surface area (TPSA) is 71.1 Å². The van der Waals surface area contributed by atoms with E-state index in [9.17, 15) is 9.59 Å². The van der Waals surface area contributed by atoms with Gasteiger partial charge in [-0.1, -0.05) is 61.6 Å². The number of halogens is 1. The maximum atomic E-state index is 13.3. The molecule has 2 aliphatic rings. The summed E-state index contributed by atoms with van der Waals surface area (Å²) in [5.41, 5.74) is 1.08. The highest BCUT2D eigenvalue weighted by Crippen LogP contribution is 2.40. The predicted octanol–water partition coefficient (Wildman–Crippen LogP) is 6.36. The van der Waals surface area contributed by atoms with Crippen LogP contribution >= 0.6 is 22.6 Å². The van der Waals surface area contributed by atoms with Crippen LogP contribution in [-0.2, 0) is 25.1 Å². The zero-order valence-corrected chi connectivity index (χ0v) is 24.2. The lowest BCUT2D eigenvalue weighted by Crippen LogP contribution is -2.48. The van der Waals surface area contributed by atoms with Crippen LogP contribution in [0, 0.1) is 0 Å². The highest BCUT2D eigenvalue weighted by atomic mass is 127. The number of carbonyl (C=O) groups excluding carboxylic acids is 2. The molecule has 1 fully saturated rings. The molecule has 3 rings (SSSR count). The molecule has 2 heterocycles. The molecule has 34 heavy (non-hydrogen) atoms. The Kier molecular flexibility index (Phi) is 9.03. The Morgan fingerprint density at radius 2 is 1.91 bits per heavy atom. The average Bonchev–Trinajstić information content (AvgIpc) is 2.69. The van der Waals surface area contributed by atoms with Crippen LogP contribution < -0.4 is 4.74 Å². The van der Waals surface area contributed by atoms with E-state index in [2.05, 4.69) is 56.5 Å². The molecular weight excluding hydrogens is 563 g/mol. The maximum absolute atomic E-state index is 13.3. The van der Waals surface area contributed by atoms with Gasteiger partial charge in [0.2, 0.25) is 0 Å². The molecule has 2 bridgehead atoms. The molecule has 0 aliphatic carbocycles. The lowest BCUT2D eigenvalue weighted by atomic mass is 9.91. The molecule has 1 aromatic carbocycles. The van der Waals surface area contributed by atoms with Gasteiger partial charge in [0, 0.05) is 25.9 Å². The molecule has 0 N–H and O–H groups in total. The van der Waals surface area contributed by atoms with Gasteiger partial charge in [0.05, 0.1) is 12.2 Å². The first-order valence-corrected chi connectivity index (χ1v) is 16.1. The van der Waals surface area contributed by atoms with Gasteiger partial charge in [0.25, 0.3) is 0 Å². The number of cyclic esters (lactones) is 1. The summed E-state index contributed by atoms with van der Waals surface area (Å²) in [6.07, 6.45) is 4.91. The molecule has 4 atom stereocenters. The zero-order chi connectivity index (χ0) is 25.1.